The molecule has 0 saturated heterocycles. The van der Waals surface area contributed by atoms with Crippen molar-refractivity contribution in [3.05, 3.63) is 11.7 Å². The first-order chi connectivity index (χ1) is 8.01. The Bertz CT molecular complexity index is 320. The highest BCUT2D eigenvalue weighted by molar-refractivity contribution is 4.89. The lowest BCUT2D eigenvalue weighted by Gasteiger charge is -2.14. The van der Waals surface area contributed by atoms with E-state index in [4.69, 9.17) is 10.3 Å². The second kappa shape index (κ2) is 6.74. The van der Waals surface area contributed by atoms with Gasteiger partial charge in [-0.15, -0.1) is 0 Å². The van der Waals surface area contributed by atoms with Crippen molar-refractivity contribution >= 4 is 0 Å². The van der Waals surface area contributed by atoms with Crippen molar-refractivity contribution in [2.45, 2.75) is 47.0 Å². The number of rotatable bonds is 7. The van der Waals surface area contributed by atoms with E-state index in [0.717, 1.165) is 31.0 Å². The fourth-order valence-electron chi connectivity index (χ4n) is 2.00. The van der Waals surface area contributed by atoms with Crippen LogP contribution in [0.25, 0.3) is 0 Å². The fourth-order valence-corrected chi connectivity index (χ4v) is 2.00. The first-order valence-corrected chi connectivity index (χ1v) is 6.52. The van der Waals surface area contributed by atoms with Crippen LogP contribution in [-0.2, 0) is 12.8 Å². The quantitative estimate of drug-likeness (QED) is 0.793. The molecule has 0 aliphatic heterocycles. The zero-order valence-electron chi connectivity index (χ0n) is 11.4. The number of hydrogen-bond acceptors (Lipinski definition) is 4. The number of nitrogens with two attached hydrogens (primary N) is 1. The van der Waals surface area contributed by atoms with Gasteiger partial charge in [0.25, 0.3) is 0 Å². The van der Waals surface area contributed by atoms with Crippen molar-refractivity contribution in [2.24, 2.45) is 23.5 Å². The molecule has 98 valence electrons. The topological polar surface area (TPSA) is 64.9 Å². The lowest BCUT2D eigenvalue weighted by atomic mass is 9.94. The molecule has 0 unspecified atom stereocenters. The molecule has 0 aliphatic rings. The third kappa shape index (κ3) is 5.31. The van der Waals surface area contributed by atoms with Crippen LogP contribution in [0.4, 0.5) is 0 Å². The van der Waals surface area contributed by atoms with Gasteiger partial charge in [0.15, 0.2) is 5.82 Å². The third-order valence-electron chi connectivity index (χ3n) is 2.70. The molecule has 0 aliphatic carbocycles. The molecule has 0 aromatic carbocycles. The van der Waals surface area contributed by atoms with Gasteiger partial charge in [-0.05, 0) is 30.7 Å². The molecule has 4 heteroatoms. The van der Waals surface area contributed by atoms with Crippen LogP contribution in [0.1, 0.15) is 45.8 Å². The largest absolute Gasteiger partial charge is 0.339 e. The van der Waals surface area contributed by atoms with Gasteiger partial charge in [-0.3, -0.25) is 0 Å². The number of hydrogen-bond donors (Lipinski definition) is 1. The van der Waals surface area contributed by atoms with E-state index in [1.165, 1.54) is 0 Å². The second-order valence-electron chi connectivity index (χ2n) is 5.64. The van der Waals surface area contributed by atoms with Crippen molar-refractivity contribution in [1.29, 1.82) is 0 Å². The summed E-state index contributed by atoms with van der Waals surface area (Å²) in [4.78, 5) is 4.41. The van der Waals surface area contributed by atoms with E-state index in [0.29, 0.717) is 24.3 Å². The minimum atomic E-state index is 0.447. The molecule has 0 amide bonds. The Morgan fingerprint density at radius 1 is 1.12 bits per heavy atom. The van der Waals surface area contributed by atoms with Gasteiger partial charge in [-0.25, -0.2) is 0 Å². The fraction of sp³-hybridized carbons (Fsp3) is 0.846. The maximum Gasteiger partial charge on any atom is 0.226 e. The zero-order chi connectivity index (χ0) is 12.8. The smallest absolute Gasteiger partial charge is 0.226 e. The van der Waals surface area contributed by atoms with Gasteiger partial charge >= 0.3 is 0 Å². The maximum atomic E-state index is 5.77. The van der Waals surface area contributed by atoms with Gasteiger partial charge in [0, 0.05) is 12.8 Å². The predicted molar refractivity (Wildman–Crippen MR) is 68.5 cm³/mol. The Hall–Kier alpha value is -0.900. The van der Waals surface area contributed by atoms with Gasteiger partial charge in [0.2, 0.25) is 5.89 Å². The average Bonchev–Trinajstić information content (AvgIpc) is 2.62. The van der Waals surface area contributed by atoms with E-state index < -0.39 is 0 Å². The summed E-state index contributed by atoms with van der Waals surface area (Å²) < 4.78 is 5.26. The van der Waals surface area contributed by atoms with Crippen LogP contribution in [0.5, 0.6) is 0 Å². The van der Waals surface area contributed by atoms with Crippen molar-refractivity contribution in [2.75, 3.05) is 6.54 Å². The van der Waals surface area contributed by atoms with Crippen molar-refractivity contribution in [1.82, 2.24) is 10.1 Å². The molecule has 4 nitrogen and oxygen atoms in total. The molecule has 0 radical (unpaired) electrons. The van der Waals surface area contributed by atoms with Crippen LogP contribution in [-0.4, -0.2) is 16.7 Å². The Balaban J connectivity index is 2.52. The van der Waals surface area contributed by atoms with Crippen molar-refractivity contribution in [3.63, 3.8) is 0 Å². The Kier molecular flexibility index (Phi) is 5.62. The molecule has 1 atom stereocenters. The molecule has 0 saturated carbocycles. The van der Waals surface area contributed by atoms with Gasteiger partial charge in [-0.1, -0.05) is 32.9 Å². The van der Waals surface area contributed by atoms with Crippen molar-refractivity contribution in [3.8, 4) is 0 Å². The molecule has 0 spiro atoms. The summed E-state index contributed by atoms with van der Waals surface area (Å²) in [6.45, 7) is 9.40. The van der Waals surface area contributed by atoms with Crippen LogP contribution in [0.2, 0.25) is 0 Å². The summed E-state index contributed by atoms with van der Waals surface area (Å²) in [5.74, 6) is 3.21. The average molecular weight is 239 g/mol. The van der Waals surface area contributed by atoms with Crippen LogP contribution in [0, 0.1) is 17.8 Å². The Labute approximate surface area is 104 Å². The summed E-state index contributed by atoms with van der Waals surface area (Å²) in [5.41, 5.74) is 5.77. The zero-order valence-corrected chi connectivity index (χ0v) is 11.4. The van der Waals surface area contributed by atoms with Crippen LogP contribution >= 0.6 is 0 Å². The van der Waals surface area contributed by atoms with Crippen LogP contribution < -0.4 is 5.73 Å². The highest BCUT2D eigenvalue weighted by atomic mass is 16.5. The molecule has 1 rings (SSSR count). The Morgan fingerprint density at radius 2 is 1.82 bits per heavy atom. The highest BCUT2D eigenvalue weighted by Crippen LogP contribution is 2.16. The van der Waals surface area contributed by atoms with E-state index in [9.17, 15) is 0 Å². The molecule has 17 heavy (non-hydrogen) atoms. The Morgan fingerprint density at radius 3 is 2.35 bits per heavy atom. The minimum Gasteiger partial charge on any atom is -0.339 e. The molecule has 0 fully saturated rings. The summed E-state index contributed by atoms with van der Waals surface area (Å²) in [6, 6.07) is 0. The molecule has 1 aromatic heterocycles. The van der Waals surface area contributed by atoms with E-state index in [2.05, 4.69) is 37.8 Å². The number of nitrogens with zero attached hydrogens (tertiary/aromatic N) is 2. The van der Waals surface area contributed by atoms with Crippen LogP contribution in [0.3, 0.4) is 0 Å². The van der Waals surface area contributed by atoms with E-state index in [1.807, 2.05) is 0 Å². The van der Waals surface area contributed by atoms with E-state index >= 15 is 0 Å². The summed E-state index contributed by atoms with van der Waals surface area (Å²) in [6.07, 6.45) is 2.79. The SMILES string of the molecule is CC(C)Cc1noc(C[C@@H](CN)CC(C)C)n1. The summed E-state index contributed by atoms with van der Waals surface area (Å²) >= 11 is 0. The minimum absolute atomic E-state index is 0.447. The van der Waals surface area contributed by atoms with Gasteiger partial charge < -0.3 is 10.3 Å². The molecule has 0 bridgehead atoms. The molecular formula is C13H25N3O. The van der Waals surface area contributed by atoms with Gasteiger partial charge in [0.05, 0.1) is 0 Å². The second-order valence-corrected chi connectivity index (χ2v) is 5.64. The first-order valence-electron chi connectivity index (χ1n) is 6.52. The van der Waals surface area contributed by atoms with Crippen LogP contribution in [0.15, 0.2) is 4.52 Å². The normalized spacial score (nSPS) is 13.6. The molecule has 2 N–H and O–H groups in total. The molecular weight excluding hydrogens is 214 g/mol. The van der Waals surface area contributed by atoms with Crippen molar-refractivity contribution < 1.29 is 4.52 Å². The highest BCUT2D eigenvalue weighted by Gasteiger charge is 2.15. The monoisotopic (exact) mass is 239 g/mol. The lowest BCUT2D eigenvalue weighted by Crippen LogP contribution is -2.19. The first kappa shape index (κ1) is 14.2. The summed E-state index contributed by atoms with van der Waals surface area (Å²) in [5, 5.41) is 4.00. The maximum absolute atomic E-state index is 5.77. The predicted octanol–water partition coefficient (Wildman–Crippen LogP) is 2.43. The van der Waals surface area contributed by atoms with Gasteiger partial charge in [0.1, 0.15) is 0 Å². The summed E-state index contributed by atoms with van der Waals surface area (Å²) in [7, 11) is 0. The molecule has 1 aromatic rings. The number of aromatic nitrogens is 2. The third-order valence-corrected chi connectivity index (χ3v) is 2.70. The van der Waals surface area contributed by atoms with E-state index in [-0.39, 0.29) is 0 Å². The molecule has 1 heterocycles. The lowest BCUT2D eigenvalue weighted by molar-refractivity contribution is 0.328. The van der Waals surface area contributed by atoms with E-state index in [1.54, 1.807) is 0 Å². The van der Waals surface area contributed by atoms with Gasteiger partial charge in [-0.2, -0.15) is 4.98 Å². The standard InChI is InChI=1S/C13H25N3O/c1-9(2)5-11(8-14)7-13-15-12(16-17-13)6-10(3)4/h9-11H,5-8,14H2,1-4H3/t11-/m0/s1.